The molecule has 0 unspecified atom stereocenters. The van der Waals surface area contributed by atoms with Gasteiger partial charge in [-0.2, -0.15) is 5.26 Å². The van der Waals surface area contributed by atoms with Crippen LogP contribution in [0.4, 0.5) is 4.39 Å². The number of nitriles is 1. The fraction of sp³-hybridized carbons (Fsp3) is 0.235. The summed E-state index contributed by atoms with van der Waals surface area (Å²) in [6, 6.07) is 9.94. The second-order valence-electron chi connectivity index (χ2n) is 4.98. The van der Waals surface area contributed by atoms with Crippen molar-refractivity contribution in [3.63, 3.8) is 0 Å². The maximum Gasteiger partial charge on any atom is 0.136 e. The zero-order valence-electron chi connectivity index (χ0n) is 12.1. The number of hydrogen-bond acceptors (Lipinski definition) is 3. The Kier molecular flexibility index (Phi) is 4.25. The number of nitrogens with zero attached hydrogens (tertiary/aromatic N) is 1. The smallest absolute Gasteiger partial charge is 0.136 e. The van der Waals surface area contributed by atoms with E-state index in [9.17, 15) is 9.50 Å². The van der Waals surface area contributed by atoms with Crippen LogP contribution in [0.1, 0.15) is 35.3 Å². The van der Waals surface area contributed by atoms with Crippen LogP contribution in [0.5, 0.6) is 11.5 Å². The summed E-state index contributed by atoms with van der Waals surface area (Å²) in [5.41, 5.74) is 2.24. The number of hydrogen-bond donors (Lipinski definition) is 1. The number of aliphatic hydroxyl groups excluding tert-OH is 1. The Bertz CT molecular complexity index is 694. The summed E-state index contributed by atoms with van der Waals surface area (Å²) in [5, 5.41) is 18.7. The van der Waals surface area contributed by atoms with Crippen molar-refractivity contribution in [3.8, 4) is 17.6 Å². The van der Waals surface area contributed by atoms with E-state index in [-0.39, 0.29) is 11.3 Å². The monoisotopic (exact) mass is 285 g/mol. The summed E-state index contributed by atoms with van der Waals surface area (Å²) in [6.45, 7) is 5.14. The molecule has 0 amide bonds. The third-order valence-electron chi connectivity index (χ3n) is 3.23. The van der Waals surface area contributed by atoms with Gasteiger partial charge in [0.15, 0.2) is 0 Å². The molecule has 2 aromatic rings. The van der Waals surface area contributed by atoms with E-state index in [1.54, 1.807) is 18.2 Å². The van der Waals surface area contributed by atoms with Crippen LogP contribution in [0.25, 0.3) is 0 Å². The van der Waals surface area contributed by atoms with E-state index in [1.165, 1.54) is 19.1 Å². The normalized spacial score (nSPS) is 11.8. The van der Waals surface area contributed by atoms with E-state index in [0.717, 1.165) is 11.1 Å². The maximum absolute atomic E-state index is 13.8. The first kappa shape index (κ1) is 15.0. The Morgan fingerprint density at radius 1 is 1.24 bits per heavy atom. The first-order valence-electron chi connectivity index (χ1n) is 6.59. The number of ether oxygens (including phenoxy) is 1. The molecule has 0 aliphatic carbocycles. The van der Waals surface area contributed by atoms with Crippen molar-refractivity contribution >= 4 is 0 Å². The Morgan fingerprint density at radius 3 is 2.38 bits per heavy atom. The maximum atomic E-state index is 13.8. The lowest BCUT2D eigenvalue weighted by Gasteiger charge is -2.17. The molecule has 4 heteroatoms. The summed E-state index contributed by atoms with van der Waals surface area (Å²) < 4.78 is 19.6. The molecule has 0 aromatic heterocycles. The minimum Gasteiger partial charge on any atom is -0.456 e. The van der Waals surface area contributed by atoms with Gasteiger partial charge in [0.2, 0.25) is 0 Å². The number of halogens is 1. The van der Waals surface area contributed by atoms with Crippen molar-refractivity contribution < 1.29 is 14.2 Å². The van der Waals surface area contributed by atoms with Crippen molar-refractivity contribution in [2.24, 2.45) is 0 Å². The van der Waals surface area contributed by atoms with Gasteiger partial charge in [0.05, 0.1) is 23.3 Å². The predicted octanol–water partition coefficient (Wildman–Crippen LogP) is 4.16. The van der Waals surface area contributed by atoms with Gasteiger partial charge in [-0.05, 0) is 56.2 Å². The van der Waals surface area contributed by atoms with Gasteiger partial charge in [0.25, 0.3) is 0 Å². The fourth-order valence-electron chi connectivity index (χ4n) is 2.30. The Hall–Kier alpha value is -2.38. The molecule has 108 valence electrons. The molecule has 1 atom stereocenters. The van der Waals surface area contributed by atoms with Crippen molar-refractivity contribution in [1.29, 1.82) is 5.26 Å². The first-order chi connectivity index (χ1) is 9.93. The minimum atomic E-state index is -0.972. The Morgan fingerprint density at radius 2 is 1.86 bits per heavy atom. The molecule has 0 heterocycles. The predicted molar refractivity (Wildman–Crippen MR) is 77.7 cm³/mol. The van der Waals surface area contributed by atoms with Gasteiger partial charge >= 0.3 is 0 Å². The lowest BCUT2D eigenvalue weighted by atomic mass is 10.1. The Balaban J connectivity index is 2.49. The number of benzene rings is 2. The molecule has 1 N–H and O–H groups in total. The van der Waals surface area contributed by atoms with Gasteiger partial charge in [-0.15, -0.1) is 0 Å². The number of aryl methyl sites for hydroxylation is 2. The molecule has 0 saturated heterocycles. The molecular weight excluding hydrogens is 269 g/mol. The van der Waals surface area contributed by atoms with Crippen molar-refractivity contribution in [2.45, 2.75) is 26.9 Å². The molecule has 3 nitrogen and oxygen atoms in total. The Labute approximate surface area is 123 Å². The van der Waals surface area contributed by atoms with Crippen LogP contribution in [-0.4, -0.2) is 5.11 Å². The van der Waals surface area contributed by atoms with Crippen LogP contribution in [0, 0.1) is 31.0 Å². The molecule has 0 fully saturated rings. The zero-order valence-corrected chi connectivity index (χ0v) is 12.1. The molecule has 2 rings (SSSR count). The largest absolute Gasteiger partial charge is 0.456 e. The van der Waals surface area contributed by atoms with E-state index in [2.05, 4.69) is 6.07 Å². The molecule has 0 radical (unpaired) electrons. The molecule has 21 heavy (non-hydrogen) atoms. The van der Waals surface area contributed by atoms with E-state index < -0.39 is 11.9 Å². The van der Waals surface area contributed by atoms with Crippen LogP contribution < -0.4 is 4.74 Å². The SMILES string of the molecule is Cc1cc(C#N)cc(C)c1Oc1cccc(F)c1[C@@H](C)O. The fourth-order valence-corrected chi connectivity index (χ4v) is 2.30. The number of aliphatic hydroxyl groups is 1. The van der Waals surface area contributed by atoms with Crippen LogP contribution in [0.3, 0.4) is 0 Å². The van der Waals surface area contributed by atoms with Crippen LogP contribution in [-0.2, 0) is 0 Å². The van der Waals surface area contributed by atoms with Crippen molar-refractivity contribution in [2.75, 3.05) is 0 Å². The van der Waals surface area contributed by atoms with Gasteiger partial charge < -0.3 is 9.84 Å². The lowest BCUT2D eigenvalue weighted by molar-refractivity contribution is 0.190. The van der Waals surface area contributed by atoms with E-state index in [4.69, 9.17) is 10.00 Å². The second kappa shape index (κ2) is 5.94. The second-order valence-corrected chi connectivity index (χ2v) is 4.98. The minimum absolute atomic E-state index is 0.126. The van der Waals surface area contributed by atoms with Crippen LogP contribution in [0.15, 0.2) is 30.3 Å². The highest BCUT2D eigenvalue weighted by Gasteiger charge is 2.17. The average molecular weight is 285 g/mol. The zero-order chi connectivity index (χ0) is 15.6. The van der Waals surface area contributed by atoms with E-state index in [0.29, 0.717) is 11.3 Å². The third kappa shape index (κ3) is 3.04. The highest BCUT2D eigenvalue weighted by Crippen LogP contribution is 2.35. The van der Waals surface area contributed by atoms with Gasteiger partial charge in [-0.3, -0.25) is 0 Å². The van der Waals surface area contributed by atoms with Crippen molar-refractivity contribution in [3.05, 3.63) is 58.4 Å². The molecule has 0 aliphatic rings. The van der Waals surface area contributed by atoms with Crippen LogP contribution in [0.2, 0.25) is 0 Å². The van der Waals surface area contributed by atoms with Crippen molar-refractivity contribution in [1.82, 2.24) is 0 Å². The van der Waals surface area contributed by atoms with Gasteiger partial charge in [-0.1, -0.05) is 6.07 Å². The summed E-state index contributed by atoms with van der Waals surface area (Å²) in [7, 11) is 0. The van der Waals surface area contributed by atoms with E-state index >= 15 is 0 Å². The quantitative estimate of drug-likeness (QED) is 0.921. The highest BCUT2D eigenvalue weighted by molar-refractivity contribution is 5.50. The van der Waals surface area contributed by atoms with Gasteiger partial charge in [0, 0.05) is 0 Å². The summed E-state index contributed by atoms with van der Waals surface area (Å²) >= 11 is 0. The lowest BCUT2D eigenvalue weighted by Crippen LogP contribution is -2.01. The molecule has 0 bridgehead atoms. The van der Waals surface area contributed by atoms with Gasteiger partial charge in [-0.25, -0.2) is 4.39 Å². The molecule has 0 saturated carbocycles. The molecule has 2 aromatic carbocycles. The molecule has 0 spiro atoms. The summed E-state index contributed by atoms with van der Waals surface area (Å²) in [4.78, 5) is 0. The summed E-state index contributed by atoms with van der Waals surface area (Å²) in [5.74, 6) is 0.342. The topological polar surface area (TPSA) is 53.2 Å². The first-order valence-corrected chi connectivity index (χ1v) is 6.59. The highest BCUT2D eigenvalue weighted by atomic mass is 19.1. The summed E-state index contributed by atoms with van der Waals surface area (Å²) in [6.07, 6.45) is -0.972. The number of rotatable bonds is 3. The third-order valence-corrected chi connectivity index (χ3v) is 3.23. The standard InChI is InChI=1S/C17H16FNO2/c1-10-7-13(9-19)8-11(2)17(10)21-15-6-4-5-14(18)16(15)12(3)20/h4-8,12,20H,1-3H3/t12-/m1/s1. The van der Waals surface area contributed by atoms with Gasteiger partial charge in [0.1, 0.15) is 17.3 Å². The molecular formula is C17H16FNO2. The molecule has 0 aliphatic heterocycles. The van der Waals surface area contributed by atoms with Crippen LogP contribution >= 0.6 is 0 Å². The average Bonchev–Trinajstić information content (AvgIpc) is 2.42. The van der Waals surface area contributed by atoms with E-state index in [1.807, 2.05) is 13.8 Å².